The quantitative estimate of drug-likeness (QED) is 0.859. The Balaban J connectivity index is 2.17. The van der Waals surface area contributed by atoms with E-state index in [1.165, 1.54) is 10.6 Å². The minimum Gasteiger partial charge on any atom is -0.388 e. The Morgan fingerprint density at radius 3 is 2.87 bits per heavy atom. The first-order chi connectivity index (χ1) is 7.04. The molecule has 0 aromatic carbocycles. The Hall–Kier alpha value is 0.01000. The lowest BCUT2D eigenvalue weighted by Gasteiger charge is -2.46. The van der Waals surface area contributed by atoms with Crippen LogP contribution in [0.15, 0.2) is 17.5 Å². The molecule has 0 amide bonds. The van der Waals surface area contributed by atoms with E-state index in [-0.39, 0.29) is 5.41 Å². The molecule has 84 valence electrons. The van der Waals surface area contributed by atoms with Crippen molar-refractivity contribution in [2.75, 3.05) is 11.5 Å². The van der Waals surface area contributed by atoms with Crippen LogP contribution in [0.2, 0.25) is 0 Å². The maximum absolute atomic E-state index is 10.8. The molecule has 1 aromatic heterocycles. The van der Waals surface area contributed by atoms with E-state index in [2.05, 4.69) is 31.4 Å². The van der Waals surface area contributed by atoms with Crippen LogP contribution in [-0.4, -0.2) is 22.2 Å². The Morgan fingerprint density at radius 1 is 1.47 bits per heavy atom. The molecule has 0 aliphatic carbocycles. The van der Waals surface area contributed by atoms with E-state index in [1.54, 1.807) is 11.3 Å². The van der Waals surface area contributed by atoms with Crippen molar-refractivity contribution in [2.24, 2.45) is 5.41 Å². The summed E-state index contributed by atoms with van der Waals surface area (Å²) < 4.78 is 0. The second kappa shape index (κ2) is 4.11. The third-order valence-corrected chi connectivity index (χ3v) is 5.57. The molecule has 1 N–H and O–H groups in total. The monoisotopic (exact) mass is 242 g/mol. The highest BCUT2D eigenvalue weighted by Gasteiger charge is 2.45. The molecule has 3 heteroatoms. The predicted octanol–water partition coefficient (Wildman–Crippen LogP) is 3.18. The maximum Gasteiger partial charge on any atom is 0.0836 e. The van der Waals surface area contributed by atoms with Gasteiger partial charge in [-0.2, -0.15) is 11.8 Å². The molecule has 1 atom stereocenters. The van der Waals surface area contributed by atoms with Crippen LogP contribution in [0.5, 0.6) is 0 Å². The zero-order valence-corrected chi connectivity index (χ0v) is 11.0. The summed E-state index contributed by atoms with van der Waals surface area (Å²) >= 11 is 3.63. The van der Waals surface area contributed by atoms with Crippen LogP contribution in [0.4, 0.5) is 0 Å². The molecular formula is C12H18OS2. The van der Waals surface area contributed by atoms with Crippen LogP contribution in [0.1, 0.15) is 25.1 Å². The van der Waals surface area contributed by atoms with Crippen LogP contribution in [0, 0.1) is 5.41 Å². The zero-order chi connectivity index (χ0) is 10.9. The zero-order valence-electron chi connectivity index (χ0n) is 9.32. The lowest BCUT2D eigenvalue weighted by molar-refractivity contribution is -0.0507. The molecule has 1 nitrogen and oxygen atoms in total. The molecule has 0 spiro atoms. The highest BCUT2D eigenvalue weighted by atomic mass is 32.2. The van der Waals surface area contributed by atoms with E-state index in [9.17, 15) is 5.11 Å². The van der Waals surface area contributed by atoms with Gasteiger partial charge in [-0.25, -0.2) is 0 Å². The van der Waals surface area contributed by atoms with Crippen molar-refractivity contribution >= 4 is 23.1 Å². The van der Waals surface area contributed by atoms with Gasteiger partial charge in [0.2, 0.25) is 0 Å². The number of hydrogen-bond acceptors (Lipinski definition) is 3. The van der Waals surface area contributed by atoms with Gasteiger partial charge in [-0.1, -0.05) is 19.9 Å². The van der Waals surface area contributed by atoms with Crippen molar-refractivity contribution in [3.05, 3.63) is 22.4 Å². The van der Waals surface area contributed by atoms with E-state index in [1.807, 2.05) is 11.8 Å². The van der Waals surface area contributed by atoms with Gasteiger partial charge in [0.15, 0.2) is 0 Å². The Kier molecular flexibility index (Phi) is 3.15. The van der Waals surface area contributed by atoms with Gasteiger partial charge < -0.3 is 5.11 Å². The Labute approximate surface area is 99.9 Å². The average molecular weight is 242 g/mol. The van der Waals surface area contributed by atoms with E-state index in [0.717, 1.165) is 18.6 Å². The van der Waals surface area contributed by atoms with Crippen LogP contribution in [0.25, 0.3) is 0 Å². The van der Waals surface area contributed by atoms with Crippen molar-refractivity contribution in [3.63, 3.8) is 0 Å². The molecule has 1 aliphatic rings. The summed E-state index contributed by atoms with van der Waals surface area (Å²) in [6.07, 6.45) is 1.92. The van der Waals surface area contributed by atoms with Gasteiger partial charge in [0.25, 0.3) is 0 Å². The molecule has 1 fully saturated rings. The second-order valence-corrected chi connectivity index (χ2v) is 7.11. The van der Waals surface area contributed by atoms with Gasteiger partial charge in [-0.15, -0.1) is 11.3 Å². The van der Waals surface area contributed by atoms with Crippen LogP contribution in [0.3, 0.4) is 0 Å². The number of hydrogen-bond donors (Lipinski definition) is 1. The van der Waals surface area contributed by atoms with Gasteiger partial charge in [0.05, 0.1) is 5.60 Å². The van der Waals surface area contributed by atoms with Gasteiger partial charge in [0, 0.05) is 17.1 Å². The largest absolute Gasteiger partial charge is 0.388 e. The number of thiophene rings is 1. The summed E-state index contributed by atoms with van der Waals surface area (Å²) in [5.41, 5.74) is -0.483. The van der Waals surface area contributed by atoms with Crippen molar-refractivity contribution in [2.45, 2.75) is 32.3 Å². The smallest absolute Gasteiger partial charge is 0.0836 e. The molecule has 1 unspecified atom stereocenters. The number of rotatable bonds is 2. The molecule has 2 heterocycles. The lowest BCUT2D eigenvalue weighted by Crippen LogP contribution is -2.51. The lowest BCUT2D eigenvalue weighted by atomic mass is 9.71. The fourth-order valence-electron chi connectivity index (χ4n) is 1.99. The molecule has 0 bridgehead atoms. The van der Waals surface area contributed by atoms with Crippen molar-refractivity contribution in [3.8, 4) is 0 Å². The number of aliphatic hydroxyl groups is 1. The van der Waals surface area contributed by atoms with Gasteiger partial charge in [0.1, 0.15) is 0 Å². The third-order valence-electron chi connectivity index (χ3n) is 3.52. The molecule has 0 saturated carbocycles. The van der Waals surface area contributed by atoms with E-state index >= 15 is 0 Å². The maximum atomic E-state index is 10.8. The third kappa shape index (κ3) is 2.24. The van der Waals surface area contributed by atoms with Crippen molar-refractivity contribution in [1.82, 2.24) is 0 Å². The van der Waals surface area contributed by atoms with Crippen LogP contribution in [-0.2, 0) is 6.42 Å². The molecule has 2 rings (SSSR count). The summed E-state index contributed by atoms with van der Waals surface area (Å²) in [6.45, 7) is 4.39. The van der Waals surface area contributed by atoms with Gasteiger partial charge >= 0.3 is 0 Å². The fourth-order valence-corrected chi connectivity index (χ4v) is 4.43. The molecule has 0 radical (unpaired) electrons. The summed E-state index contributed by atoms with van der Waals surface area (Å²) in [5, 5.41) is 12.8. The molecule has 1 aliphatic heterocycles. The van der Waals surface area contributed by atoms with E-state index in [4.69, 9.17) is 0 Å². The first kappa shape index (κ1) is 11.5. The normalized spacial score (nSPS) is 30.3. The Bertz CT molecular complexity index is 318. The SMILES string of the molecule is CC1(C)CCSCC1(O)Cc1cccs1. The minimum absolute atomic E-state index is 0.0439. The topological polar surface area (TPSA) is 20.2 Å². The Morgan fingerprint density at radius 2 is 2.27 bits per heavy atom. The molecule has 15 heavy (non-hydrogen) atoms. The van der Waals surface area contributed by atoms with Crippen LogP contribution < -0.4 is 0 Å². The summed E-state index contributed by atoms with van der Waals surface area (Å²) in [6, 6.07) is 4.18. The number of thioether (sulfide) groups is 1. The first-order valence-corrected chi connectivity index (χ1v) is 7.39. The van der Waals surface area contributed by atoms with Crippen molar-refractivity contribution < 1.29 is 5.11 Å². The summed E-state index contributed by atoms with van der Waals surface area (Å²) in [4.78, 5) is 1.30. The van der Waals surface area contributed by atoms with Crippen LogP contribution >= 0.6 is 23.1 Å². The average Bonchev–Trinajstić information content (AvgIpc) is 2.63. The van der Waals surface area contributed by atoms with Crippen molar-refractivity contribution in [1.29, 1.82) is 0 Å². The summed E-state index contributed by atoms with van der Waals surface area (Å²) in [5.74, 6) is 2.05. The predicted molar refractivity (Wildman–Crippen MR) is 68.7 cm³/mol. The van der Waals surface area contributed by atoms with E-state index in [0.29, 0.717) is 0 Å². The fraction of sp³-hybridized carbons (Fsp3) is 0.667. The highest BCUT2D eigenvalue weighted by Crippen LogP contribution is 2.44. The molecule has 1 saturated heterocycles. The second-order valence-electron chi connectivity index (χ2n) is 4.97. The first-order valence-electron chi connectivity index (χ1n) is 5.36. The van der Waals surface area contributed by atoms with E-state index < -0.39 is 5.60 Å². The minimum atomic E-state index is -0.527. The highest BCUT2D eigenvalue weighted by molar-refractivity contribution is 7.99. The molecule has 1 aromatic rings. The standard InChI is InChI=1S/C12H18OS2/c1-11(2)5-7-14-9-12(11,13)8-10-4-3-6-15-10/h3-4,6,13H,5,7-9H2,1-2H3. The van der Waals surface area contributed by atoms with Gasteiger partial charge in [-0.3, -0.25) is 0 Å². The summed E-state index contributed by atoms with van der Waals surface area (Å²) in [7, 11) is 0. The molecular weight excluding hydrogens is 224 g/mol. The van der Waals surface area contributed by atoms with Gasteiger partial charge in [-0.05, 0) is 29.0 Å².